The fraction of sp³-hybridized carbons (Fsp3) is 0.0526. The number of anilines is 2. The molecule has 0 heterocycles. The van der Waals surface area contributed by atoms with E-state index in [1.165, 1.54) is 12.1 Å². The maximum atomic E-state index is 11.3. The average molecular weight is 428 g/mol. The Morgan fingerprint density at radius 2 is 1.70 bits per heavy atom. The van der Waals surface area contributed by atoms with Crippen molar-refractivity contribution in [3.63, 3.8) is 0 Å². The van der Waals surface area contributed by atoms with Gasteiger partial charge in [-0.3, -0.25) is 14.7 Å². The lowest BCUT2D eigenvalue weighted by atomic mass is 10.2. The molecule has 11 heteroatoms. The SMILES string of the molecule is Cc1cc(O)ccc1/N=N/c1ccc(Nc2ccc(S(=O)(=O)O)cc2[N+](=O)[O-])cc1. The number of phenolic OH excluding ortho intramolecular Hbond substituents is 1. The minimum atomic E-state index is -4.56. The summed E-state index contributed by atoms with van der Waals surface area (Å²) in [6.07, 6.45) is 0. The fourth-order valence-electron chi connectivity index (χ4n) is 2.56. The van der Waals surface area contributed by atoms with E-state index in [4.69, 9.17) is 4.55 Å². The molecule has 0 atom stereocenters. The highest BCUT2D eigenvalue weighted by atomic mass is 32.2. The Labute approximate surface area is 171 Å². The van der Waals surface area contributed by atoms with E-state index in [2.05, 4.69) is 15.5 Å². The number of aromatic hydroxyl groups is 1. The lowest BCUT2D eigenvalue weighted by Crippen LogP contribution is -2.02. The molecule has 154 valence electrons. The van der Waals surface area contributed by atoms with Crippen molar-refractivity contribution < 1.29 is 23.0 Å². The van der Waals surface area contributed by atoms with Crippen LogP contribution >= 0.6 is 0 Å². The standard InChI is InChI=1S/C19H16N4O6S/c1-12-10-15(24)6-8-17(12)22-21-14-4-2-13(3-5-14)20-18-9-7-16(30(27,28)29)11-19(18)23(25)26/h2-11,20,24H,1H3,(H,27,28,29)/b22-21+. The number of rotatable bonds is 6. The zero-order chi connectivity index (χ0) is 21.9. The first-order chi connectivity index (χ1) is 14.1. The number of phenols is 1. The van der Waals surface area contributed by atoms with E-state index in [-0.39, 0.29) is 11.4 Å². The summed E-state index contributed by atoms with van der Waals surface area (Å²) in [5.74, 6) is 0.139. The number of nitrogens with one attached hydrogen (secondary N) is 1. The molecule has 0 aromatic heterocycles. The highest BCUT2D eigenvalue weighted by Crippen LogP contribution is 2.31. The quantitative estimate of drug-likeness (QED) is 0.216. The molecule has 3 N–H and O–H groups in total. The van der Waals surface area contributed by atoms with Gasteiger partial charge < -0.3 is 10.4 Å². The zero-order valence-electron chi connectivity index (χ0n) is 15.6. The first-order valence-corrected chi connectivity index (χ1v) is 9.92. The summed E-state index contributed by atoms with van der Waals surface area (Å²) in [4.78, 5) is 9.94. The lowest BCUT2D eigenvalue weighted by molar-refractivity contribution is -0.384. The molecule has 3 aromatic rings. The Bertz CT molecular complexity index is 1240. The molecule has 0 aliphatic rings. The zero-order valence-corrected chi connectivity index (χ0v) is 16.4. The number of nitro groups is 1. The molecule has 3 rings (SSSR count). The molecule has 0 aliphatic carbocycles. The maximum absolute atomic E-state index is 11.3. The van der Waals surface area contributed by atoms with E-state index in [1.807, 2.05) is 0 Å². The molecule has 0 fully saturated rings. The number of hydrogen-bond acceptors (Lipinski definition) is 8. The van der Waals surface area contributed by atoms with Crippen LogP contribution in [0.3, 0.4) is 0 Å². The number of benzene rings is 3. The minimum Gasteiger partial charge on any atom is -0.508 e. The first-order valence-electron chi connectivity index (χ1n) is 8.48. The van der Waals surface area contributed by atoms with Gasteiger partial charge in [0.25, 0.3) is 15.8 Å². The molecule has 0 saturated carbocycles. The van der Waals surface area contributed by atoms with Crippen LogP contribution in [0.1, 0.15) is 5.56 Å². The second-order valence-electron chi connectivity index (χ2n) is 6.25. The van der Waals surface area contributed by atoms with Gasteiger partial charge >= 0.3 is 0 Å². The summed E-state index contributed by atoms with van der Waals surface area (Å²) in [5, 5.41) is 31.7. The van der Waals surface area contributed by atoms with Crippen LogP contribution in [0.4, 0.5) is 28.4 Å². The third kappa shape index (κ3) is 4.96. The number of nitrogens with zero attached hydrogens (tertiary/aromatic N) is 3. The van der Waals surface area contributed by atoms with Crippen molar-refractivity contribution in [2.24, 2.45) is 10.2 Å². The molecule has 3 aromatic carbocycles. The molecule has 30 heavy (non-hydrogen) atoms. The van der Waals surface area contributed by atoms with Gasteiger partial charge in [-0.15, -0.1) is 0 Å². The molecule has 10 nitrogen and oxygen atoms in total. The van der Waals surface area contributed by atoms with Crippen LogP contribution in [0.15, 0.2) is 75.8 Å². The van der Waals surface area contributed by atoms with Crippen LogP contribution in [-0.2, 0) is 10.1 Å². The minimum absolute atomic E-state index is 0.0569. The largest absolute Gasteiger partial charge is 0.508 e. The average Bonchev–Trinajstić information content (AvgIpc) is 2.68. The molecule has 0 saturated heterocycles. The first kappa shape index (κ1) is 20.9. The normalized spacial score (nSPS) is 11.5. The van der Waals surface area contributed by atoms with Crippen molar-refractivity contribution in [1.82, 2.24) is 0 Å². The summed E-state index contributed by atoms with van der Waals surface area (Å²) >= 11 is 0. The summed E-state index contributed by atoms with van der Waals surface area (Å²) in [6, 6.07) is 14.3. The van der Waals surface area contributed by atoms with Crippen molar-refractivity contribution in [1.29, 1.82) is 0 Å². The molecule has 0 amide bonds. The Morgan fingerprint density at radius 3 is 2.30 bits per heavy atom. The second kappa shape index (κ2) is 8.27. The summed E-state index contributed by atoms with van der Waals surface area (Å²) in [5.41, 5.74) is 1.95. The van der Waals surface area contributed by atoms with Gasteiger partial charge in [0.2, 0.25) is 0 Å². The van der Waals surface area contributed by atoms with Gasteiger partial charge in [-0.25, -0.2) is 0 Å². The Kier molecular flexibility index (Phi) is 5.76. The van der Waals surface area contributed by atoms with E-state index < -0.39 is 25.6 Å². The summed E-state index contributed by atoms with van der Waals surface area (Å²) < 4.78 is 31.5. The van der Waals surface area contributed by atoms with Crippen LogP contribution in [0.5, 0.6) is 5.75 Å². The number of hydrogen-bond donors (Lipinski definition) is 3. The van der Waals surface area contributed by atoms with Crippen LogP contribution in [0.25, 0.3) is 0 Å². The number of nitro benzene ring substituents is 1. The Morgan fingerprint density at radius 1 is 1.00 bits per heavy atom. The predicted molar refractivity (Wildman–Crippen MR) is 110 cm³/mol. The van der Waals surface area contributed by atoms with Crippen LogP contribution < -0.4 is 5.32 Å². The molecule has 0 radical (unpaired) electrons. The van der Waals surface area contributed by atoms with E-state index in [9.17, 15) is 23.6 Å². The van der Waals surface area contributed by atoms with E-state index in [0.717, 1.165) is 17.7 Å². The third-order valence-corrected chi connectivity index (χ3v) is 4.91. The van der Waals surface area contributed by atoms with Gasteiger partial charge in [-0.2, -0.15) is 18.6 Å². The van der Waals surface area contributed by atoms with Crippen molar-refractivity contribution in [2.75, 3.05) is 5.32 Å². The smallest absolute Gasteiger partial charge is 0.294 e. The molecule has 0 bridgehead atoms. The van der Waals surface area contributed by atoms with E-state index >= 15 is 0 Å². The van der Waals surface area contributed by atoms with Crippen LogP contribution in [0, 0.1) is 17.0 Å². The van der Waals surface area contributed by atoms with Gasteiger partial charge in [0, 0.05) is 11.8 Å². The molecular weight excluding hydrogens is 412 g/mol. The van der Waals surface area contributed by atoms with Crippen LogP contribution in [-0.4, -0.2) is 23.0 Å². The van der Waals surface area contributed by atoms with E-state index in [0.29, 0.717) is 17.1 Å². The van der Waals surface area contributed by atoms with Gasteiger partial charge in [0.1, 0.15) is 16.3 Å². The third-order valence-electron chi connectivity index (χ3n) is 4.06. The Balaban J connectivity index is 1.80. The number of azo groups is 1. The summed E-state index contributed by atoms with van der Waals surface area (Å²) in [7, 11) is -4.56. The highest BCUT2D eigenvalue weighted by Gasteiger charge is 2.20. The fourth-order valence-corrected chi connectivity index (χ4v) is 3.06. The topological polar surface area (TPSA) is 154 Å². The van der Waals surface area contributed by atoms with Crippen LogP contribution in [0.2, 0.25) is 0 Å². The van der Waals surface area contributed by atoms with Crippen molar-refractivity contribution in [3.05, 3.63) is 76.3 Å². The molecule has 0 unspecified atom stereocenters. The Hall–Kier alpha value is -3.83. The second-order valence-corrected chi connectivity index (χ2v) is 7.68. The highest BCUT2D eigenvalue weighted by molar-refractivity contribution is 7.85. The molecule has 0 aliphatic heterocycles. The molecular formula is C19H16N4O6S. The van der Waals surface area contributed by atoms with E-state index in [1.54, 1.807) is 43.3 Å². The van der Waals surface area contributed by atoms with Crippen molar-refractivity contribution in [2.45, 2.75) is 11.8 Å². The van der Waals surface area contributed by atoms with Gasteiger partial charge in [0.15, 0.2) is 0 Å². The monoisotopic (exact) mass is 428 g/mol. The number of aryl methyl sites for hydroxylation is 1. The van der Waals surface area contributed by atoms with Gasteiger partial charge in [0.05, 0.1) is 16.3 Å². The van der Waals surface area contributed by atoms with Gasteiger partial charge in [-0.1, -0.05) is 0 Å². The summed E-state index contributed by atoms with van der Waals surface area (Å²) in [6.45, 7) is 1.79. The van der Waals surface area contributed by atoms with Gasteiger partial charge in [-0.05, 0) is 67.1 Å². The van der Waals surface area contributed by atoms with Crippen molar-refractivity contribution >= 4 is 38.6 Å². The maximum Gasteiger partial charge on any atom is 0.294 e. The lowest BCUT2D eigenvalue weighted by Gasteiger charge is -2.08. The van der Waals surface area contributed by atoms with Crippen molar-refractivity contribution in [3.8, 4) is 5.75 Å². The molecule has 0 spiro atoms. The predicted octanol–water partition coefficient (Wildman–Crippen LogP) is 5.01.